The predicted octanol–water partition coefficient (Wildman–Crippen LogP) is 5.87. The van der Waals surface area contributed by atoms with Gasteiger partial charge in [-0.15, -0.1) is 0 Å². The first-order valence-corrected chi connectivity index (χ1v) is 11.5. The van der Waals surface area contributed by atoms with Gasteiger partial charge in [0.1, 0.15) is 5.82 Å². The maximum atomic E-state index is 14.6. The van der Waals surface area contributed by atoms with Crippen molar-refractivity contribution in [1.82, 2.24) is 4.90 Å². The third-order valence-corrected chi connectivity index (χ3v) is 6.68. The van der Waals surface area contributed by atoms with Gasteiger partial charge in [0.25, 0.3) is 11.6 Å². The van der Waals surface area contributed by atoms with Gasteiger partial charge < -0.3 is 9.80 Å². The second-order valence-corrected chi connectivity index (χ2v) is 8.93. The zero-order valence-corrected chi connectivity index (χ0v) is 20.1. The summed E-state index contributed by atoms with van der Waals surface area (Å²) in [5.74, 6) is -1.10. The molecule has 0 saturated carbocycles. The van der Waals surface area contributed by atoms with Crippen molar-refractivity contribution in [2.24, 2.45) is 0 Å². The van der Waals surface area contributed by atoms with Crippen LogP contribution >= 0.6 is 23.2 Å². The van der Waals surface area contributed by atoms with E-state index in [1.165, 1.54) is 31.2 Å². The molecule has 1 fully saturated rings. The smallest absolute Gasteiger partial charge is 0.270 e. The number of benzene rings is 3. The summed E-state index contributed by atoms with van der Waals surface area (Å²) in [6.45, 7) is 2.67. The van der Waals surface area contributed by atoms with E-state index in [0.29, 0.717) is 45.5 Å². The zero-order valence-electron chi connectivity index (χ0n) is 18.6. The lowest BCUT2D eigenvalue weighted by Gasteiger charge is -2.36. The lowest BCUT2D eigenvalue weighted by atomic mass is 9.97. The number of amides is 1. The molecule has 0 aromatic heterocycles. The molecule has 0 radical (unpaired) electrons. The van der Waals surface area contributed by atoms with Gasteiger partial charge in [-0.2, -0.15) is 0 Å². The Labute approximate surface area is 210 Å². The van der Waals surface area contributed by atoms with Crippen LogP contribution < -0.4 is 4.90 Å². The van der Waals surface area contributed by atoms with Crippen molar-refractivity contribution in [3.8, 4) is 11.1 Å². The molecule has 1 amide bonds. The highest BCUT2D eigenvalue weighted by atomic mass is 35.5. The zero-order chi connectivity index (χ0) is 25.3. The number of Topliss-reactive ketones (excluding diaryl/α,β-unsaturated/α-hetero) is 1. The molecule has 10 heteroatoms. The molecule has 1 heterocycles. The number of non-ortho nitro benzene ring substituents is 1. The van der Waals surface area contributed by atoms with Crippen molar-refractivity contribution in [2.75, 3.05) is 31.1 Å². The van der Waals surface area contributed by atoms with Crippen LogP contribution in [0.25, 0.3) is 11.1 Å². The van der Waals surface area contributed by atoms with Crippen LogP contribution in [0.2, 0.25) is 10.0 Å². The number of hydrogen-bond acceptors (Lipinski definition) is 5. The molecule has 0 unspecified atom stereocenters. The summed E-state index contributed by atoms with van der Waals surface area (Å²) in [5.41, 5.74) is 1.71. The summed E-state index contributed by atoms with van der Waals surface area (Å²) >= 11 is 12.2. The van der Waals surface area contributed by atoms with Gasteiger partial charge in [-0.3, -0.25) is 19.7 Å². The summed E-state index contributed by atoms with van der Waals surface area (Å²) in [4.78, 5) is 39.2. The molecule has 0 bridgehead atoms. The van der Waals surface area contributed by atoms with Crippen LogP contribution in [0.3, 0.4) is 0 Å². The van der Waals surface area contributed by atoms with E-state index in [-0.39, 0.29) is 36.0 Å². The lowest BCUT2D eigenvalue weighted by Crippen LogP contribution is -2.49. The fourth-order valence-corrected chi connectivity index (χ4v) is 4.34. The molecule has 35 heavy (non-hydrogen) atoms. The van der Waals surface area contributed by atoms with Crippen LogP contribution in [-0.4, -0.2) is 47.7 Å². The van der Waals surface area contributed by atoms with Crippen molar-refractivity contribution in [3.05, 3.63) is 91.7 Å². The third-order valence-electron chi connectivity index (χ3n) is 5.94. The Balaban J connectivity index is 1.59. The summed E-state index contributed by atoms with van der Waals surface area (Å²) in [6, 6.07) is 13.4. The highest BCUT2D eigenvalue weighted by molar-refractivity contribution is 6.42. The van der Waals surface area contributed by atoms with Crippen molar-refractivity contribution in [2.45, 2.75) is 6.92 Å². The number of anilines is 1. The molecular formula is C25H20Cl2FN3O4. The second kappa shape index (κ2) is 10.0. The van der Waals surface area contributed by atoms with Gasteiger partial charge in [-0.05, 0) is 54.4 Å². The normalized spacial score (nSPS) is 13.6. The maximum absolute atomic E-state index is 14.6. The van der Waals surface area contributed by atoms with E-state index in [1.54, 1.807) is 40.1 Å². The topological polar surface area (TPSA) is 83.8 Å². The van der Waals surface area contributed by atoms with Crippen molar-refractivity contribution in [3.63, 3.8) is 0 Å². The Hall–Kier alpha value is -3.49. The Morgan fingerprint density at radius 2 is 1.66 bits per heavy atom. The minimum Gasteiger partial charge on any atom is -0.366 e. The molecule has 3 aromatic rings. The van der Waals surface area contributed by atoms with Crippen LogP contribution in [0.5, 0.6) is 0 Å². The first-order chi connectivity index (χ1) is 16.7. The summed E-state index contributed by atoms with van der Waals surface area (Å²) in [6.07, 6.45) is 0. The number of nitrogens with zero attached hydrogens (tertiary/aromatic N) is 3. The molecular weight excluding hydrogens is 496 g/mol. The predicted molar refractivity (Wildman–Crippen MR) is 133 cm³/mol. The second-order valence-electron chi connectivity index (χ2n) is 8.12. The molecule has 180 valence electrons. The highest BCUT2D eigenvalue weighted by Crippen LogP contribution is 2.33. The Kier molecular flexibility index (Phi) is 7.05. The molecule has 7 nitrogen and oxygen atoms in total. The minimum absolute atomic E-state index is 0.169. The van der Waals surface area contributed by atoms with Crippen molar-refractivity contribution >= 4 is 46.3 Å². The van der Waals surface area contributed by atoms with Crippen molar-refractivity contribution in [1.29, 1.82) is 0 Å². The molecule has 1 aliphatic heterocycles. The molecule has 0 atom stereocenters. The average Bonchev–Trinajstić information content (AvgIpc) is 2.85. The lowest BCUT2D eigenvalue weighted by molar-refractivity contribution is -0.384. The van der Waals surface area contributed by atoms with Crippen molar-refractivity contribution < 1.29 is 18.9 Å². The number of ketones is 1. The molecule has 3 aromatic carbocycles. The standard InChI is InChI=1S/C25H20Cl2FN3O4/c1-15(32)16-3-7-24(23(28)13-16)29-8-10-30(11-9-29)25(33)20-14-18(31(34)35)4-5-19(20)17-2-6-21(26)22(27)12-17/h2-7,12-14H,8-11H2,1H3. The molecule has 4 rings (SSSR count). The third kappa shape index (κ3) is 5.13. The Morgan fingerprint density at radius 1 is 0.943 bits per heavy atom. The Bertz CT molecular complexity index is 1340. The van der Waals surface area contributed by atoms with Gasteiger partial charge in [0, 0.05) is 43.9 Å². The van der Waals surface area contributed by atoms with Gasteiger partial charge in [-0.1, -0.05) is 29.3 Å². The van der Waals surface area contributed by atoms with Gasteiger partial charge in [-0.25, -0.2) is 4.39 Å². The summed E-state index contributed by atoms with van der Waals surface area (Å²) in [5, 5.41) is 12.0. The number of hydrogen-bond donors (Lipinski definition) is 0. The van der Waals surface area contributed by atoms with Crippen LogP contribution in [0.15, 0.2) is 54.6 Å². The summed E-state index contributed by atoms with van der Waals surface area (Å²) < 4.78 is 14.6. The fraction of sp³-hybridized carbons (Fsp3) is 0.200. The van der Waals surface area contributed by atoms with Crippen LogP contribution in [0, 0.1) is 15.9 Å². The van der Waals surface area contributed by atoms with E-state index in [4.69, 9.17) is 23.2 Å². The van der Waals surface area contributed by atoms with E-state index in [1.807, 2.05) is 0 Å². The number of carbonyl (C=O) groups is 2. The minimum atomic E-state index is -0.555. The average molecular weight is 516 g/mol. The first kappa shape index (κ1) is 24.6. The molecule has 1 aliphatic rings. The van der Waals surface area contributed by atoms with Crippen LogP contribution in [0.4, 0.5) is 15.8 Å². The monoisotopic (exact) mass is 515 g/mol. The molecule has 0 aliphatic carbocycles. The van der Waals surface area contributed by atoms with E-state index < -0.39 is 10.7 Å². The number of nitro benzene ring substituents is 1. The Morgan fingerprint density at radius 3 is 2.26 bits per heavy atom. The number of rotatable bonds is 5. The van der Waals surface area contributed by atoms with Gasteiger partial charge in [0.05, 0.1) is 26.2 Å². The molecule has 0 spiro atoms. The number of carbonyl (C=O) groups excluding carboxylic acids is 2. The van der Waals surface area contributed by atoms with Crippen LogP contribution in [0.1, 0.15) is 27.6 Å². The molecule has 0 N–H and O–H groups in total. The maximum Gasteiger partial charge on any atom is 0.270 e. The summed E-state index contributed by atoms with van der Waals surface area (Å²) in [7, 11) is 0. The van der Waals surface area contributed by atoms with Gasteiger partial charge in [0.15, 0.2) is 5.78 Å². The van der Waals surface area contributed by atoms with Crippen LogP contribution in [-0.2, 0) is 0 Å². The SMILES string of the molecule is CC(=O)c1ccc(N2CCN(C(=O)c3cc([N+](=O)[O-])ccc3-c3ccc(Cl)c(Cl)c3)CC2)c(F)c1. The number of piperazine rings is 1. The van der Waals surface area contributed by atoms with E-state index in [9.17, 15) is 24.1 Å². The first-order valence-electron chi connectivity index (χ1n) is 10.7. The number of nitro groups is 1. The fourth-order valence-electron chi connectivity index (χ4n) is 4.04. The molecule has 1 saturated heterocycles. The van der Waals surface area contributed by atoms with E-state index >= 15 is 0 Å². The van der Waals surface area contributed by atoms with E-state index in [0.717, 1.165) is 0 Å². The highest BCUT2D eigenvalue weighted by Gasteiger charge is 2.27. The quantitative estimate of drug-likeness (QED) is 0.241. The van der Waals surface area contributed by atoms with E-state index in [2.05, 4.69) is 0 Å². The number of halogens is 3. The van der Waals surface area contributed by atoms with Gasteiger partial charge >= 0.3 is 0 Å². The largest absolute Gasteiger partial charge is 0.366 e. The van der Waals surface area contributed by atoms with Gasteiger partial charge in [0.2, 0.25) is 0 Å².